The topological polar surface area (TPSA) is 57.6 Å². The Labute approximate surface area is 156 Å². The van der Waals surface area contributed by atoms with Crippen LogP contribution in [0.15, 0.2) is 12.1 Å². The first-order chi connectivity index (χ1) is 12.7. The van der Waals surface area contributed by atoms with E-state index >= 15 is 0 Å². The number of carbonyl (C=O) groups excluding carboxylic acids is 2. The number of aromatic nitrogens is 1. The standard InChI is InChI=1S/C18H25F3N4O2/c1-22-16(26)14-7-6-12(23(14)2)13-5-3-4-9-25(13)15-8-10-24(17(15)27)11-18(19,20)21/h6-7,13,15H,3-5,8-11H2,1-2H3,(H,22,26)/t13-,15+/m1/s1. The quantitative estimate of drug-likeness (QED) is 0.862. The molecule has 2 saturated heterocycles. The number of hydrogen-bond acceptors (Lipinski definition) is 3. The molecule has 27 heavy (non-hydrogen) atoms. The van der Waals surface area contributed by atoms with Crippen molar-refractivity contribution in [1.29, 1.82) is 0 Å². The smallest absolute Gasteiger partial charge is 0.354 e. The zero-order valence-corrected chi connectivity index (χ0v) is 15.6. The van der Waals surface area contributed by atoms with Crippen LogP contribution in [0.3, 0.4) is 0 Å². The monoisotopic (exact) mass is 386 g/mol. The number of piperidine rings is 1. The van der Waals surface area contributed by atoms with Crippen LogP contribution < -0.4 is 5.32 Å². The SMILES string of the molecule is CNC(=O)c1ccc([C@H]2CCCCN2[C@H]2CCN(CC(F)(F)F)C2=O)n1C. The molecule has 0 aromatic carbocycles. The molecular weight excluding hydrogens is 361 g/mol. The molecule has 0 saturated carbocycles. The van der Waals surface area contributed by atoms with Gasteiger partial charge in [0.05, 0.1) is 12.1 Å². The van der Waals surface area contributed by atoms with Gasteiger partial charge in [0.15, 0.2) is 0 Å². The van der Waals surface area contributed by atoms with Crippen molar-refractivity contribution in [2.45, 2.75) is 43.9 Å². The molecule has 0 unspecified atom stereocenters. The number of hydrogen-bond donors (Lipinski definition) is 1. The largest absolute Gasteiger partial charge is 0.406 e. The minimum atomic E-state index is -4.38. The van der Waals surface area contributed by atoms with Crippen molar-refractivity contribution < 1.29 is 22.8 Å². The van der Waals surface area contributed by atoms with E-state index < -0.39 is 24.7 Å². The number of carbonyl (C=O) groups is 2. The van der Waals surface area contributed by atoms with Gasteiger partial charge in [-0.15, -0.1) is 0 Å². The fourth-order valence-electron chi connectivity index (χ4n) is 4.27. The molecule has 0 radical (unpaired) electrons. The summed E-state index contributed by atoms with van der Waals surface area (Å²) < 4.78 is 39.9. The zero-order valence-electron chi connectivity index (χ0n) is 15.6. The summed E-state index contributed by atoms with van der Waals surface area (Å²) >= 11 is 0. The van der Waals surface area contributed by atoms with Crippen molar-refractivity contribution in [2.75, 3.05) is 26.7 Å². The van der Waals surface area contributed by atoms with Gasteiger partial charge in [0.2, 0.25) is 5.91 Å². The number of amides is 2. The van der Waals surface area contributed by atoms with Crippen LogP contribution in [-0.2, 0) is 11.8 Å². The summed E-state index contributed by atoms with van der Waals surface area (Å²) in [6.45, 7) is -0.393. The molecule has 1 N–H and O–H groups in total. The molecule has 2 fully saturated rings. The van der Waals surface area contributed by atoms with Crippen LogP contribution in [0.1, 0.15) is 47.9 Å². The lowest BCUT2D eigenvalue weighted by atomic mass is 9.96. The second-order valence-electron chi connectivity index (χ2n) is 7.21. The highest BCUT2D eigenvalue weighted by atomic mass is 19.4. The lowest BCUT2D eigenvalue weighted by Gasteiger charge is -2.39. The summed E-state index contributed by atoms with van der Waals surface area (Å²) in [5, 5.41) is 2.60. The Morgan fingerprint density at radius 2 is 1.93 bits per heavy atom. The number of likely N-dealkylation sites (tertiary alicyclic amines) is 2. The summed E-state index contributed by atoms with van der Waals surface area (Å²) in [6.07, 6.45) is -1.28. The van der Waals surface area contributed by atoms with Crippen molar-refractivity contribution in [3.05, 3.63) is 23.5 Å². The molecule has 6 nitrogen and oxygen atoms in total. The average molecular weight is 386 g/mol. The maximum Gasteiger partial charge on any atom is 0.406 e. The van der Waals surface area contributed by atoms with E-state index in [1.807, 2.05) is 15.5 Å². The molecule has 2 amide bonds. The van der Waals surface area contributed by atoms with Crippen LogP contribution in [0.5, 0.6) is 0 Å². The number of rotatable bonds is 4. The zero-order chi connectivity index (χ0) is 19.8. The molecule has 1 aromatic rings. The maximum absolute atomic E-state index is 12.7. The number of halogens is 3. The number of alkyl halides is 3. The predicted octanol–water partition coefficient (Wildman–Crippen LogP) is 2.07. The average Bonchev–Trinajstić information content (AvgIpc) is 3.16. The molecule has 3 rings (SSSR count). The minimum absolute atomic E-state index is 0.0815. The first-order valence-electron chi connectivity index (χ1n) is 9.22. The second kappa shape index (κ2) is 7.53. The highest BCUT2D eigenvalue weighted by Gasteiger charge is 2.44. The van der Waals surface area contributed by atoms with E-state index in [9.17, 15) is 22.8 Å². The highest BCUT2D eigenvalue weighted by molar-refractivity contribution is 5.92. The Morgan fingerprint density at radius 1 is 1.19 bits per heavy atom. The lowest BCUT2D eigenvalue weighted by Crippen LogP contribution is -2.47. The van der Waals surface area contributed by atoms with Crippen LogP contribution in [0.4, 0.5) is 13.2 Å². The molecule has 0 bridgehead atoms. The van der Waals surface area contributed by atoms with Crippen molar-refractivity contribution in [3.63, 3.8) is 0 Å². The fourth-order valence-corrected chi connectivity index (χ4v) is 4.27. The molecule has 150 valence electrons. The van der Waals surface area contributed by atoms with Gasteiger partial charge in [-0.25, -0.2) is 0 Å². The predicted molar refractivity (Wildman–Crippen MR) is 93.1 cm³/mol. The summed E-state index contributed by atoms with van der Waals surface area (Å²) in [5.41, 5.74) is 1.44. The van der Waals surface area contributed by atoms with Crippen LogP contribution in [0, 0.1) is 0 Å². The summed E-state index contributed by atoms with van der Waals surface area (Å²) in [5.74, 6) is -0.639. The third-order valence-corrected chi connectivity index (χ3v) is 5.55. The fraction of sp³-hybridized carbons (Fsp3) is 0.667. The van der Waals surface area contributed by atoms with Crippen molar-refractivity contribution >= 4 is 11.8 Å². The molecule has 3 heterocycles. The Bertz CT molecular complexity index is 716. The second-order valence-corrected chi connectivity index (χ2v) is 7.21. The molecule has 9 heteroatoms. The number of nitrogens with zero attached hydrogens (tertiary/aromatic N) is 3. The van der Waals surface area contributed by atoms with E-state index in [4.69, 9.17) is 0 Å². The molecule has 0 spiro atoms. The molecule has 2 aliphatic rings. The van der Waals surface area contributed by atoms with E-state index in [0.717, 1.165) is 29.9 Å². The molecule has 2 atom stereocenters. The third kappa shape index (κ3) is 3.97. The van der Waals surface area contributed by atoms with Crippen LogP contribution in [-0.4, -0.2) is 65.1 Å². The van der Waals surface area contributed by atoms with Gasteiger partial charge in [-0.1, -0.05) is 6.42 Å². The van der Waals surface area contributed by atoms with E-state index in [1.54, 1.807) is 20.2 Å². The van der Waals surface area contributed by atoms with Crippen molar-refractivity contribution in [1.82, 2.24) is 19.7 Å². The van der Waals surface area contributed by atoms with Crippen molar-refractivity contribution in [2.24, 2.45) is 7.05 Å². The van der Waals surface area contributed by atoms with Gasteiger partial charge in [0.1, 0.15) is 12.2 Å². The van der Waals surface area contributed by atoms with Crippen LogP contribution in [0.25, 0.3) is 0 Å². The van der Waals surface area contributed by atoms with Gasteiger partial charge in [-0.3, -0.25) is 14.5 Å². The first kappa shape index (κ1) is 19.7. The Balaban J connectivity index is 1.82. The molecule has 0 aliphatic carbocycles. The molecule has 2 aliphatic heterocycles. The molecular formula is C18H25F3N4O2. The van der Waals surface area contributed by atoms with Gasteiger partial charge in [0.25, 0.3) is 5.91 Å². The van der Waals surface area contributed by atoms with E-state index in [1.165, 1.54) is 0 Å². The first-order valence-corrected chi connectivity index (χ1v) is 9.22. The Kier molecular flexibility index (Phi) is 5.50. The minimum Gasteiger partial charge on any atom is -0.354 e. The van der Waals surface area contributed by atoms with Gasteiger partial charge in [-0.2, -0.15) is 13.2 Å². The Morgan fingerprint density at radius 3 is 2.59 bits per heavy atom. The highest BCUT2D eigenvalue weighted by Crippen LogP contribution is 2.36. The van der Waals surface area contributed by atoms with Gasteiger partial charge in [0, 0.05) is 26.3 Å². The lowest BCUT2D eigenvalue weighted by molar-refractivity contribution is -0.159. The normalized spacial score (nSPS) is 24.5. The number of nitrogens with one attached hydrogen (secondary N) is 1. The van der Waals surface area contributed by atoms with E-state index in [2.05, 4.69) is 5.32 Å². The van der Waals surface area contributed by atoms with Gasteiger partial charge < -0.3 is 14.8 Å². The third-order valence-electron chi connectivity index (χ3n) is 5.55. The van der Waals surface area contributed by atoms with Crippen LogP contribution >= 0.6 is 0 Å². The van der Waals surface area contributed by atoms with Gasteiger partial charge >= 0.3 is 6.18 Å². The van der Waals surface area contributed by atoms with Gasteiger partial charge in [-0.05, 0) is 37.9 Å². The van der Waals surface area contributed by atoms with Crippen LogP contribution in [0.2, 0.25) is 0 Å². The summed E-state index contributed by atoms with van der Waals surface area (Å²) in [4.78, 5) is 27.5. The Hall–Kier alpha value is -2.03. The summed E-state index contributed by atoms with van der Waals surface area (Å²) in [6, 6.07) is 3.01. The van der Waals surface area contributed by atoms with Crippen molar-refractivity contribution in [3.8, 4) is 0 Å². The maximum atomic E-state index is 12.7. The van der Waals surface area contributed by atoms with E-state index in [-0.39, 0.29) is 18.5 Å². The summed E-state index contributed by atoms with van der Waals surface area (Å²) in [7, 11) is 3.37. The molecule has 1 aromatic heterocycles. The van der Waals surface area contributed by atoms with E-state index in [0.29, 0.717) is 18.7 Å².